The van der Waals surface area contributed by atoms with Crippen molar-refractivity contribution in [2.45, 2.75) is 37.5 Å². The van der Waals surface area contributed by atoms with Gasteiger partial charge < -0.3 is 30.2 Å². The number of aliphatic hydroxyl groups excluding tert-OH is 3. The number of benzene rings is 1. The quantitative estimate of drug-likeness (QED) is 0.356. The van der Waals surface area contributed by atoms with Gasteiger partial charge in [-0.25, -0.2) is 4.79 Å². The van der Waals surface area contributed by atoms with E-state index in [0.29, 0.717) is 5.69 Å². The maximum Gasteiger partial charge on any atom is 0.430 e. The Morgan fingerprint density at radius 1 is 1.20 bits per heavy atom. The molecule has 25 heavy (non-hydrogen) atoms. The minimum Gasteiger partial charge on any atom is -0.394 e. The highest BCUT2D eigenvalue weighted by Gasteiger charge is 2.45. The van der Waals surface area contributed by atoms with Crippen LogP contribution in [0.3, 0.4) is 0 Å². The molecule has 0 saturated carbocycles. The molecule has 1 aliphatic rings. The second kappa shape index (κ2) is 8.74. The number of ether oxygens (including phenoxy) is 1. The van der Waals surface area contributed by atoms with Crippen LogP contribution in [0.2, 0.25) is 0 Å². The molecule has 2 amide bonds. The SMILES string of the molecule is CC(=O)N[C@H]1C(NOC(=O)Nc2ccccc2)O[C@H](CO)[C@@H](O)[C@@H]1O. The summed E-state index contributed by atoms with van der Waals surface area (Å²) in [5.74, 6) is -0.483. The summed E-state index contributed by atoms with van der Waals surface area (Å²) in [5.41, 5.74) is 2.78. The maximum absolute atomic E-state index is 11.8. The maximum atomic E-state index is 11.8. The second-order valence-corrected chi connectivity index (χ2v) is 5.48. The molecule has 1 aromatic rings. The molecule has 0 aliphatic carbocycles. The molecule has 6 N–H and O–H groups in total. The monoisotopic (exact) mass is 355 g/mol. The Kier molecular flexibility index (Phi) is 6.67. The molecule has 1 heterocycles. The van der Waals surface area contributed by atoms with Gasteiger partial charge in [0.25, 0.3) is 0 Å². The zero-order chi connectivity index (χ0) is 18.4. The van der Waals surface area contributed by atoms with Crippen LogP contribution in [-0.4, -0.2) is 64.5 Å². The largest absolute Gasteiger partial charge is 0.430 e. The van der Waals surface area contributed by atoms with Crippen molar-refractivity contribution in [3.63, 3.8) is 0 Å². The first-order valence-corrected chi connectivity index (χ1v) is 7.60. The Balaban J connectivity index is 1.98. The van der Waals surface area contributed by atoms with E-state index in [4.69, 9.17) is 9.57 Å². The fraction of sp³-hybridized carbons (Fsp3) is 0.467. The predicted octanol–water partition coefficient (Wildman–Crippen LogP) is -1.32. The highest BCUT2D eigenvalue weighted by atomic mass is 16.7. The van der Waals surface area contributed by atoms with Gasteiger partial charge >= 0.3 is 6.09 Å². The normalized spacial score (nSPS) is 28.9. The van der Waals surface area contributed by atoms with Crippen molar-refractivity contribution in [1.82, 2.24) is 10.8 Å². The van der Waals surface area contributed by atoms with E-state index in [2.05, 4.69) is 16.1 Å². The Morgan fingerprint density at radius 2 is 1.88 bits per heavy atom. The molecule has 1 aliphatic heterocycles. The number of carbonyl (C=O) groups is 2. The Bertz CT molecular complexity index is 586. The summed E-state index contributed by atoms with van der Waals surface area (Å²) in [5, 5.41) is 34.0. The number of hydrogen-bond donors (Lipinski definition) is 6. The standard InChI is InChI=1S/C15H21N3O7/c1-8(20)16-11-13(22)12(21)10(7-19)24-14(11)18-25-15(23)17-9-5-3-2-4-6-9/h2-6,10-14,18-19,21-22H,7H2,1H3,(H,16,20)(H,17,23)/t10-,11-,12-,13-,14?/m1/s1. The number of hydroxylamine groups is 1. The van der Waals surface area contributed by atoms with Gasteiger partial charge in [0.05, 0.1) is 12.6 Å². The van der Waals surface area contributed by atoms with Gasteiger partial charge in [-0.2, -0.15) is 0 Å². The van der Waals surface area contributed by atoms with Crippen LogP contribution in [0.15, 0.2) is 30.3 Å². The molecule has 5 atom stereocenters. The fourth-order valence-electron chi connectivity index (χ4n) is 2.39. The number of rotatable bonds is 5. The summed E-state index contributed by atoms with van der Waals surface area (Å²) in [6, 6.07) is 7.44. The third kappa shape index (κ3) is 5.11. The summed E-state index contributed by atoms with van der Waals surface area (Å²) in [6.45, 7) is 0.649. The lowest BCUT2D eigenvalue weighted by Crippen LogP contribution is -2.67. The minimum atomic E-state index is -1.44. The lowest BCUT2D eigenvalue weighted by Gasteiger charge is -2.42. The number of anilines is 1. The van der Waals surface area contributed by atoms with E-state index in [1.807, 2.05) is 0 Å². The topological polar surface area (TPSA) is 149 Å². The lowest BCUT2D eigenvalue weighted by molar-refractivity contribution is -0.221. The number of hydrogen-bond acceptors (Lipinski definition) is 8. The zero-order valence-corrected chi connectivity index (χ0v) is 13.5. The molecule has 1 fully saturated rings. The van der Waals surface area contributed by atoms with Crippen molar-refractivity contribution >= 4 is 17.7 Å². The summed E-state index contributed by atoms with van der Waals surface area (Å²) < 4.78 is 5.34. The van der Waals surface area contributed by atoms with Crippen molar-refractivity contribution < 1.29 is 34.5 Å². The number of nitrogens with one attached hydrogen (secondary N) is 3. The van der Waals surface area contributed by atoms with Crippen LogP contribution in [-0.2, 0) is 14.4 Å². The average molecular weight is 355 g/mol. The first kappa shape index (κ1) is 19.1. The molecule has 0 radical (unpaired) electrons. The number of carbonyl (C=O) groups excluding carboxylic acids is 2. The van der Waals surface area contributed by atoms with Crippen molar-refractivity contribution in [3.8, 4) is 0 Å². The summed E-state index contributed by atoms with van der Waals surface area (Å²) in [4.78, 5) is 27.9. The first-order valence-electron chi connectivity index (χ1n) is 7.60. The van der Waals surface area contributed by atoms with E-state index in [-0.39, 0.29) is 0 Å². The second-order valence-electron chi connectivity index (χ2n) is 5.48. The van der Waals surface area contributed by atoms with E-state index in [1.54, 1.807) is 30.3 Å². The predicted molar refractivity (Wildman–Crippen MR) is 85.0 cm³/mol. The summed E-state index contributed by atoms with van der Waals surface area (Å²) in [6.07, 6.45) is -6.00. The van der Waals surface area contributed by atoms with Gasteiger partial charge in [-0.3, -0.25) is 10.1 Å². The van der Waals surface area contributed by atoms with Gasteiger partial charge in [0.2, 0.25) is 5.91 Å². The molecule has 1 saturated heterocycles. The van der Waals surface area contributed by atoms with Gasteiger partial charge in [-0.05, 0) is 12.1 Å². The number of amides is 2. The average Bonchev–Trinajstić information content (AvgIpc) is 2.59. The van der Waals surface area contributed by atoms with Gasteiger partial charge in [-0.15, -0.1) is 5.48 Å². The van der Waals surface area contributed by atoms with Crippen molar-refractivity contribution in [1.29, 1.82) is 0 Å². The van der Waals surface area contributed by atoms with Crippen LogP contribution >= 0.6 is 0 Å². The highest BCUT2D eigenvalue weighted by Crippen LogP contribution is 2.20. The van der Waals surface area contributed by atoms with Crippen LogP contribution in [0.1, 0.15) is 6.92 Å². The summed E-state index contributed by atoms with van der Waals surface area (Å²) in [7, 11) is 0. The van der Waals surface area contributed by atoms with Crippen molar-refractivity contribution in [3.05, 3.63) is 30.3 Å². The molecule has 1 unspecified atom stereocenters. The molecule has 0 spiro atoms. The van der Waals surface area contributed by atoms with Gasteiger partial charge in [0, 0.05) is 12.6 Å². The van der Waals surface area contributed by atoms with Gasteiger partial charge in [-0.1, -0.05) is 18.2 Å². The Hall–Kier alpha value is -2.24. The molecule has 138 valence electrons. The first-order chi connectivity index (χ1) is 11.9. The van der Waals surface area contributed by atoms with Crippen LogP contribution in [0, 0.1) is 0 Å². The Morgan fingerprint density at radius 3 is 2.48 bits per heavy atom. The molecule has 10 nitrogen and oxygen atoms in total. The third-order valence-electron chi connectivity index (χ3n) is 3.58. The molecular weight excluding hydrogens is 334 g/mol. The third-order valence-corrected chi connectivity index (χ3v) is 3.58. The van der Waals surface area contributed by atoms with E-state index in [1.165, 1.54) is 6.92 Å². The number of aliphatic hydroxyl groups is 3. The van der Waals surface area contributed by atoms with E-state index >= 15 is 0 Å². The summed E-state index contributed by atoms with van der Waals surface area (Å²) >= 11 is 0. The van der Waals surface area contributed by atoms with Gasteiger partial charge in [0.1, 0.15) is 18.3 Å². The van der Waals surface area contributed by atoms with Gasteiger partial charge in [0.15, 0.2) is 6.23 Å². The van der Waals surface area contributed by atoms with Crippen molar-refractivity contribution in [2.24, 2.45) is 0 Å². The highest BCUT2D eigenvalue weighted by molar-refractivity contribution is 5.84. The smallest absolute Gasteiger partial charge is 0.394 e. The molecular formula is C15H21N3O7. The van der Waals surface area contributed by atoms with Crippen molar-refractivity contribution in [2.75, 3.05) is 11.9 Å². The van der Waals surface area contributed by atoms with E-state index in [0.717, 1.165) is 0 Å². The molecule has 0 bridgehead atoms. The van der Waals surface area contributed by atoms with Crippen LogP contribution < -0.4 is 16.1 Å². The molecule has 2 rings (SSSR count). The fourth-order valence-corrected chi connectivity index (χ4v) is 2.39. The molecule has 1 aromatic carbocycles. The zero-order valence-electron chi connectivity index (χ0n) is 13.5. The number of para-hydroxylation sites is 1. The van der Waals surface area contributed by atoms with E-state index < -0.39 is 49.2 Å². The van der Waals surface area contributed by atoms with Crippen LogP contribution in [0.4, 0.5) is 10.5 Å². The van der Waals surface area contributed by atoms with Crippen LogP contribution in [0.5, 0.6) is 0 Å². The van der Waals surface area contributed by atoms with Crippen LogP contribution in [0.25, 0.3) is 0 Å². The lowest BCUT2D eigenvalue weighted by atomic mass is 9.96. The van der Waals surface area contributed by atoms with E-state index in [9.17, 15) is 24.9 Å². The molecule has 0 aromatic heterocycles. The Labute approximate surface area is 143 Å². The minimum absolute atomic E-state index is 0.483. The molecule has 10 heteroatoms.